The molecule has 0 fully saturated rings. The van der Waals surface area contributed by atoms with Crippen LogP contribution < -0.4 is 5.32 Å². The van der Waals surface area contributed by atoms with E-state index in [0.717, 1.165) is 5.69 Å². The summed E-state index contributed by atoms with van der Waals surface area (Å²) in [5.74, 6) is 0.105. The first-order chi connectivity index (χ1) is 7.02. The van der Waals surface area contributed by atoms with Crippen LogP contribution in [0.15, 0.2) is 12.5 Å². The van der Waals surface area contributed by atoms with Crippen molar-refractivity contribution in [1.29, 1.82) is 0 Å². The first kappa shape index (κ1) is 12.2. The van der Waals surface area contributed by atoms with Gasteiger partial charge in [0, 0.05) is 39.1 Å². The summed E-state index contributed by atoms with van der Waals surface area (Å²) in [6.07, 6.45) is 3.29. The van der Waals surface area contributed by atoms with Gasteiger partial charge in [-0.05, 0) is 0 Å². The van der Waals surface area contributed by atoms with Crippen molar-refractivity contribution in [2.24, 2.45) is 0 Å². The second-order valence-electron chi connectivity index (χ2n) is 3.35. The Hall–Kier alpha value is -0.920. The maximum Gasteiger partial charge on any atom is 0.214 e. The van der Waals surface area contributed by atoms with Gasteiger partial charge in [-0.3, -0.25) is 0 Å². The van der Waals surface area contributed by atoms with Crippen molar-refractivity contribution in [3.05, 3.63) is 18.2 Å². The molecule has 0 aliphatic carbocycles. The highest BCUT2D eigenvalue weighted by Gasteiger charge is 2.12. The lowest BCUT2D eigenvalue weighted by atomic mass is 10.5. The van der Waals surface area contributed by atoms with Crippen molar-refractivity contribution in [2.75, 3.05) is 26.4 Å². The Labute approximate surface area is 89.8 Å². The zero-order chi connectivity index (χ0) is 11.3. The van der Waals surface area contributed by atoms with Crippen molar-refractivity contribution < 1.29 is 8.42 Å². The summed E-state index contributed by atoms with van der Waals surface area (Å²) in [6, 6.07) is 0. The van der Waals surface area contributed by atoms with Gasteiger partial charge in [-0.25, -0.2) is 17.7 Å². The Balaban J connectivity index is 2.23. The number of aromatic amines is 1. The fourth-order valence-corrected chi connectivity index (χ4v) is 1.76. The molecule has 6 nitrogen and oxygen atoms in total. The van der Waals surface area contributed by atoms with Crippen LogP contribution in [0.25, 0.3) is 0 Å². The lowest BCUT2D eigenvalue weighted by Gasteiger charge is -2.11. The molecule has 0 bridgehead atoms. The Morgan fingerprint density at radius 2 is 2.27 bits per heavy atom. The molecule has 15 heavy (non-hydrogen) atoms. The molecule has 2 N–H and O–H groups in total. The Bertz CT molecular complexity index is 371. The number of hydrogen-bond acceptors (Lipinski definition) is 4. The summed E-state index contributed by atoms with van der Waals surface area (Å²) in [5, 5.41) is 3.02. The number of imidazole rings is 1. The average Bonchev–Trinajstić information content (AvgIpc) is 2.64. The molecule has 1 aromatic heterocycles. The molecule has 1 aromatic rings. The molecule has 1 rings (SSSR count). The van der Waals surface area contributed by atoms with Gasteiger partial charge in [0.1, 0.15) is 0 Å². The van der Waals surface area contributed by atoms with Gasteiger partial charge in [-0.1, -0.05) is 0 Å². The molecule has 0 saturated heterocycles. The van der Waals surface area contributed by atoms with Crippen molar-refractivity contribution >= 4 is 10.0 Å². The van der Waals surface area contributed by atoms with Crippen molar-refractivity contribution in [3.8, 4) is 0 Å². The number of H-pyrrole nitrogens is 1. The monoisotopic (exact) mass is 232 g/mol. The second-order valence-corrected chi connectivity index (χ2v) is 5.65. The first-order valence-corrected chi connectivity index (χ1v) is 6.21. The average molecular weight is 232 g/mol. The molecule has 86 valence electrons. The molecule has 0 saturated carbocycles. The minimum Gasteiger partial charge on any atom is -0.347 e. The SMILES string of the molecule is CN(C)S(=O)(=O)CCNCc1cnc[nH]1. The topological polar surface area (TPSA) is 78.1 Å². The van der Waals surface area contributed by atoms with E-state index in [1.807, 2.05) is 0 Å². The van der Waals surface area contributed by atoms with E-state index in [2.05, 4.69) is 15.3 Å². The van der Waals surface area contributed by atoms with E-state index in [-0.39, 0.29) is 5.75 Å². The third-order valence-corrected chi connectivity index (χ3v) is 3.80. The van der Waals surface area contributed by atoms with Crippen LogP contribution in [-0.2, 0) is 16.6 Å². The first-order valence-electron chi connectivity index (χ1n) is 4.60. The van der Waals surface area contributed by atoms with Crippen molar-refractivity contribution in [3.63, 3.8) is 0 Å². The van der Waals surface area contributed by atoms with Gasteiger partial charge in [0.05, 0.1) is 12.1 Å². The summed E-state index contributed by atoms with van der Waals surface area (Å²) >= 11 is 0. The van der Waals surface area contributed by atoms with Crippen LogP contribution in [-0.4, -0.2) is 49.1 Å². The van der Waals surface area contributed by atoms with E-state index in [1.165, 1.54) is 18.4 Å². The van der Waals surface area contributed by atoms with Crippen LogP contribution in [0.1, 0.15) is 5.69 Å². The number of aromatic nitrogens is 2. The van der Waals surface area contributed by atoms with Crippen LogP contribution in [0.2, 0.25) is 0 Å². The molecule has 0 aliphatic heterocycles. The van der Waals surface area contributed by atoms with Gasteiger partial charge < -0.3 is 10.3 Å². The third-order valence-electron chi connectivity index (χ3n) is 1.96. The number of hydrogen-bond donors (Lipinski definition) is 2. The van der Waals surface area contributed by atoms with Gasteiger partial charge in [0.15, 0.2) is 0 Å². The second kappa shape index (κ2) is 5.24. The highest BCUT2D eigenvalue weighted by atomic mass is 32.2. The van der Waals surface area contributed by atoms with Crippen LogP contribution >= 0.6 is 0 Å². The van der Waals surface area contributed by atoms with Gasteiger partial charge in [0.25, 0.3) is 0 Å². The lowest BCUT2D eigenvalue weighted by molar-refractivity contribution is 0.517. The van der Waals surface area contributed by atoms with E-state index in [9.17, 15) is 8.42 Å². The van der Waals surface area contributed by atoms with Crippen LogP contribution in [0.5, 0.6) is 0 Å². The molecular weight excluding hydrogens is 216 g/mol. The third kappa shape index (κ3) is 3.98. The predicted molar refractivity (Wildman–Crippen MR) is 57.8 cm³/mol. The number of nitrogens with zero attached hydrogens (tertiary/aromatic N) is 2. The number of rotatable bonds is 6. The zero-order valence-corrected chi connectivity index (χ0v) is 9.71. The van der Waals surface area contributed by atoms with E-state index in [4.69, 9.17) is 0 Å². The van der Waals surface area contributed by atoms with Crippen molar-refractivity contribution in [2.45, 2.75) is 6.54 Å². The molecule has 0 unspecified atom stereocenters. The molecule has 0 amide bonds. The van der Waals surface area contributed by atoms with Crippen LogP contribution in [0, 0.1) is 0 Å². The fraction of sp³-hybridized carbons (Fsp3) is 0.625. The van der Waals surface area contributed by atoms with E-state index in [0.29, 0.717) is 13.1 Å². The summed E-state index contributed by atoms with van der Waals surface area (Å²) in [6.45, 7) is 1.03. The number of sulfonamides is 1. The quantitative estimate of drug-likeness (QED) is 0.641. The molecule has 0 aliphatic rings. The van der Waals surface area contributed by atoms with Gasteiger partial charge in [-0.15, -0.1) is 0 Å². The highest BCUT2D eigenvalue weighted by Crippen LogP contribution is 1.93. The van der Waals surface area contributed by atoms with Crippen molar-refractivity contribution in [1.82, 2.24) is 19.6 Å². The predicted octanol–water partition coefficient (Wildman–Crippen LogP) is -0.609. The summed E-state index contributed by atoms with van der Waals surface area (Å²) in [4.78, 5) is 6.78. The largest absolute Gasteiger partial charge is 0.347 e. The minimum atomic E-state index is -3.09. The molecule has 0 radical (unpaired) electrons. The number of nitrogens with one attached hydrogen (secondary N) is 2. The molecule has 0 spiro atoms. The summed E-state index contributed by atoms with van der Waals surface area (Å²) in [7, 11) is -0.0303. The Morgan fingerprint density at radius 3 is 2.80 bits per heavy atom. The molecule has 7 heteroatoms. The summed E-state index contributed by atoms with van der Waals surface area (Å²) in [5.41, 5.74) is 0.942. The molecular formula is C8H16N4O2S. The Kier molecular flexibility index (Phi) is 4.25. The smallest absolute Gasteiger partial charge is 0.214 e. The van der Waals surface area contributed by atoms with E-state index in [1.54, 1.807) is 12.5 Å². The van der Waals surface area contributed by atoms with Gasteiger partial charge >= 0.3 is 0 Å². The summed E-state index contributed by atoms with van der Waals surface area (Å²) < 4.78 is 23.9. The maximum absolute atomic E-state index is 11.4. The normalized spacial score (nSPS) is 12.2. The standard InChI is InChI=1S/C8H16N4O2S/c1-12(2)15(13,14)4-3-9-5-8-6-10-7-11-8/h6-7,9H,3-5H2,1-2H3,(H,10,11). The highest BCUT2D eigenvalue weighted by molar-refractivity contribution is 7.89. The Morgan fingerprint density at radius 1 is 1.53 bits per heavy atom. The van der Waals surface area contributed by atoms with Gasteiger partial charge in [0.2, 0.25) is 10.0 Å². The lowest BCUT2D eigenvalue weighted by Crippen LogP contribution is -2.31. The molecule has 0 atom stereocenters. The molecule has 0 aromatic carbocycles. The zero-order valence-electron chi connectivity index (χ0n) is 8.90. The van der Waals surface area contributed by atoms with Gasteiger partial charge in [-0.2, -0.15) is 0 Å². The molecule has 1 heterocycles. The minimum absolute atomic E-state index is 0.105. The van der Waals surface area contributed by atoms with Crippen LogP contribution in [0.3, 0.4) is 0 Å². The maximum atomic E-state index is 11.4. The van der Waals surface area contributed by atoms with E-state index < -0.39 is 10.0 Å². The van der Waals surface area contributed by atoms with E-state index >= 15 is 0 Å². The van der Waals surface area contributed by atoms with Crippen LogP contribution in [0.4, 0.5) is 0 Å². The fourth-order valence-electron chi connectivity index (χ4n) is 0.988.